The van der Waals surface area contributed by atoms with Gasteiger partial charge in [0, 0.05) is 26.9 Å². The van der Waals surface area contributed by atoms with E-state index in [2.05, 4.69) is 35.3 Å². The molecule has 0 aliphatic heterocycles. The van der Waals surface area contributed by atoms with Crippen molar-refractivity contribution in [3.05, 3.63) is 42.5 Å². The van der Waals surface area contributed by atoms with Crippen molar-refractivity contribution in [2.75, 3.05) is 26.5 Å². The van der Waals surface area contributed by atoms with E-state index >= 15 is 0 Å². The van der Waals surface area contributed by atoms with Gasteiger partial charge in [0.05, 0.1) is 18.7 Å². The number of thiophene rings is 1. The van der Waals surface area contributed by atoms with E-state index in [1.807, 2.05) is 12.1 Å². The highest BCUT2D eigenvalue weighted by molar-refractivity contribution is 7.25. The van der Waals surface area contributed by atoms with Crippen LogP contribution in [0.3, 0.4) is 0 Å². The van der Waals surface area contributed by atoms with Crippen molar-refractivity contribution in [3.8, 4) is 5.75 Å². The SMILES string of the molecule is FCCOCCOc1ccc2c(c1)[nH]c1sc3ccccc3c12. The maximum absolute atomic E-state index is 11.9. The zero-order valence-corrected chi connectivity index (χ0v) is 13.3. The molecule has 0 bridgehead atoms. The van der Waals surface area contributed by atoms with Crippen molar-refractivity contribution in [1.82, 2.24) is 4.98 Å². The first kappa shape index (κ1) is 14.5. The molecule has 0 aliphatic rings. The lowest BCUT2D eigenvalue weighted by molar-refractivity contribution is 0.0897. The van der Waals surface area contributed by atoms with Gasteiger partial charge in [-0.2, -0.15) is 0 Å². The Hall–Kier alpha value is -2.11. The maximum Gasteiger partial charge on any atom is 0.121 e. The molecular formula is C18H16FNO2S. The lowest BCUT2D eigenvalue weighted by Crippen LogP contribution is -2.08. The van der Waals surface area contributed by atoms with Crippen molar-refractivity contribution in [2.45, 2.75) is 0 Å². The molecule has 118 valence electrons. The predicted molar refractivity (Wildman–Crippen MR) is 93.5 cm³/mol. The van der Waals surface area contributed by atoms with Gasteiger partial charge < -0.3 is 14.5 Å². The first-order valence-corrected chi connectivity index (χ1v) is 8.38. The number of aromatic amines is 1. The fourth-order valence-electron chi connectivity index (χ4n) is 2.83. The summed E-state index contributed by atoms with van der Waals surface area (Å²) < 4.78 is 23.9. The van der Waals surface area contributed by atoms with Crippen LogP contribution in [0.1, 0.15) is 0 Å². The molecule has 0 spiro atoms. The summed E-state index contributed by atoms with van der Waals surface area (Å²) in [5.74, 6) is 0.791. The van der Waals surface area contributed by atoms with Crippen LogP contribution >= 0.6 is 11.3 Å². The van der Waals surface area contributed by atoms with Crippen LogP contribution in [0.2, 0.25) is 0 Å². The second-order valence-corrected chi connectivity index (χ2v) is 6.34. The summed E-state index contributed by atoms with van der Waals surface area (Å²) in [4.78, 5) is 4.66. The molecule has 2 aromatic carbocycles. The Bertz CT molecular complexity index is 960. The van der Waals surface area contributed by atoms with Gasteiger partial charge in [0.25, 0.3) is 0 Å². The number of hydrogen-bond donors (Lipinski definition) is 1. The monoisotopic (exact) mass is 329 g/mol. The first-order chi connectivity index (χ1) is 11.4. The molecule has 0 unspecified atom stereocenters. The van der Waals surface area contributed by atoms with Crippen LogP contribution < -0.4 is 4.74 Å². The quantitative estimate of drug-likeness (QED) is 0.511. The van der Waals surface area contributed by atoms with E-state index in [-0.39, 0.29) is 6.61 Å². The smallest absolute Gasteiger partial charge is 0.121 e. The number of ether oxygens (including phenoxy) is 2. The highest BCUT2D eigenvalue weighted by Crippen LogP contribution is 2.39. The molecule has 0 saturated heterocycles. The molecule has 0 aliphatic carbocycles. The number of aromatic nitrogens is 1. The van der Waals surface area contributed by atoms with Gasteiger partial charge in [0.2, 0.25) is 0 Å². The van der Waals surface area contributed by atoms with Crippen molar-refractivity contribution in [2.24, 2.45) is 0 Å². The van der Waals surface area contributed by atoms with Crippen LogP contribution in [-0.4, -0.2) is 31.5 Å². The molecule has 4 rings (SSSR count). The summed E-state index contributed by atoms with van der Waals surface area (Å²) in [5.41, 5.74) is 1.07. The molecule has 0 saturated carbocycles. The molecule has 0 radical (unpaired) electrons. The zero-order chi connectivity index (χ0) is 15.6. The van der Waals surface area contributed by atoms with Crippen LogP contribution in [0.25, 0.3) is 31.2 Å². The number of benzene rings is 2. The average Bonchev–Trinajstić information content (AvgIpc) is 3.09. The Morgan fingerprint density at radius 3 is 2.83 bits per heavy atom. The lowest BCUT2D eigenvalue weighted by Gasteiger charge is -2.06. The van der Waals surface area contributed by atoms with Gasteiger partial charge in [-0.3, -0.25) is 0 Å². The van der Waals surface area contributed by atoms with E-state index in [0.717, 1.165) is 11.3 Å². The second-order valence-electron chi connectivity index (χ2n) is 5.28. The van der Waals surface area contributed by atoms with Gasteiger partial charge in [0.15, 0.2) is 0 Å². The summed E-state index contributed by atoms with van der Waals surface area (Å²) in [7, 11) is 0. The van der Waals surface area contributed by atoms with Gasteiger partial charge in [-0.15, -0.1) is 11.3 Å². The second kappa shape index (κ2) is 6.18. The molecule has 23 heavy (non-hydrogen) atoms. The third-order valence-corrected chi connectivity index (χ3v) is 4.91. The average molecular weight is 329 g/mol. The normalized spacial score (nSPS) is 11.7. The number of hydrogen-bond acceptors (Lipinski definition) is 3. The van der Waals surface area contributed by atoms with Gasteiger partial charge in [-0.25, -0.2) is 4.39 Å². The molecule has 4 aromatic rings. The van der Waals surface area contributed by atoms with Crippen LogP contribution in [0.15, 0.2) is 42.5 Å². The van der Waals surface area contributed by atoms with Crippen molar-refractivity contribution in [1.29, 1.82) is 0 Å². The molecule has 3 nitrogen and oxygen atoms in total. The minimum atomic E-state index is -0.459. The van der Waals surface area contributed by atoms with Gasteiger partial charge >= 0.3 is 0 Å². The Morgan fingerprint density at radius 1 is 1.00 bits per heavy atom. The molecule has 0 fully saturated rings. The minimum absolute atomic E-state index is 0.127. The summed E-state index contributed by atoms with van der Waals surface area (Å²) in [6.07, 6.45) is 0. The van der Waals surface area contributed by atoms with E-state index in [0.29, 0.717) is 13.2 Å². The Kier molecular flexibility index (Phi) is 3.89. The number of H-pyrrole nitrogens is 1. The molecule has 0 amide bonds. The molecule has 1 N–H and O–H groups in total. The van der Waals surface area contributed by atoms with Crippen LogP contribution in [-0.2, 0) is 4.74 Å². The van der Waals surface area contributed by atoms with Crippen molar-refractivity contribution >= 4 is 42.5 Å². The topological polar surface area (TPSA) is 34.2 Å². The summed E-state index contributed by atoms with van der Waals surface area (Å²) in [6.45, 7) is 0.484. The largest absolute Gasteiger partial charge is 0.491 e. The van der Waals surface area contributed by atoms with E-state index in [4.69, 9.17) is 9.47 Å². The highest BCUT2D eigenvalue weighted by atomic mass is 32.1. The van der Waals surface area contributed by atoms with Crippen LogP contribution in [0, 0.1) is 0 Å². The summed E-state index contributed by atoms with van der Waals surface area (Å²) in [5, 5.41) is 3.77. The standard InChI is InChI=1S/C18H16FNO2S/c19-7-8-21-9-10-22-12-5-6-13-15(11-12)20-18-17(13)14-3-1-2-4-16(14)23-18/h1-6,11,20H,7-10H2. The Labute approximate surface area is 136 Å². The molecule has 5 heteroatoms. The lowest BCUT2D eigenvalue weighted by atomic mass is 10.1. The van der Waals surface area contributed by atoms with E-state index in [9.17, 15) is 4.39 Å². The third kappa shape index (κ3) is 2.66. The van der Waals surface area contributed by atoms with E-state index < -0.39 is 6.67 Å². The molecule has 0 atom stereocenters. The summed E-state index contributed by atoms with van der Waals surface area (Å²) >= 11 is 1.77. The number of fused-ring (bicyclic) bond motifs is 5. The van der Waals surface area contributed by atoms with E-state index in [1.165, 1.54) is 25.7 Å². The predicted octanol–water partition coefficient (Wildman–Crippen LogP) is 4.90. The molecular weight excluding hydrogens is 313 g/mol. The van der Waals surface area contributed by atoms with Crippen molar-refractivity contribution < 1.29 is 13.9 Å². The number of rotatable bonds is 6. The third-order valence-electron chi connectivity index (χ3n) is 3.82. The first-order valence-electron chi connectivity index (χ1n) is 7.56. The molecule has 2 aromatic heterocycles. The van der Waals surface area contributed by atoms with Gasteiger partial charge in [0.1, 0.15) is 23.9 Å². The van der Waals surface area contributed by atoms with Crippen LogP contribution in [0.5, 0.6) is 5.75 Å². The number of halogens is 1. The summed E-state index contributed by atoms with van der Waals surface area (Å²) in [6, 6.07) is 14.5. The number of nitrogens with one attached hydrogen (secondary N) is 1. The van der Waals surface area contributed by atoms with Crippen LogP contribution in [0.4, 0.5) is 4.39 Å². The number of alkyl halides is 1. The Balaban J connectivity index is 1.63. The fraction of sp³-hybridized carbons (Fsp3) is 0.222. The molecule has 2 heterocycles. The highest BCUT2D eigenvalue weighted by Gasteiger charge is 2.11. The van der Waals surface area contributed by atoms with Gasteiger partial charge in [-0.1, -0.05) is 18.2 Å². The zero-order valence-electron chi connectivity index (χ0n) is 12.5. The fourth-order valence-corrected chi connectivity index (χ4v) is 3.96. The van der Waals surface area contributed by atoms with E-state index in [1.54, 1.807) is 11.3 Å². The van der Waals surface area contributed by atoms with Gasteiger partial charge in [-0.05, 0) is 18.2 Å². The maximum atomic E-state index is 11.9. The Morgan fingerprint density at radius 2 is 1.91 bits per heavy atom. The minimum Gasteiger partial charge on any atom is -0.491 e. The van der Waals surface area contributed by atoms with Crippen molar-refractivity contribution in [3.63, 3.8) is 0 Å².